The van der Waals surface area contributed by atoms with E-state index in [4.69, 9.17) is 14.2 Å². The second kappa shape index (κ2) is 12.1. The molecule has 1 aliphatic heterocycles. The highest BCUT2D eigenvalue weighted by atomic mass is 16.6. The topological polar surface area (TPSA) is 114 Å². The van der Waals surface area contributed by atoms with Gasteiger partial charge < -0.3 is 29.3 Å². The second-order valence-electron chi connectivity index (χ2n) is 8.33. The molecule has 0 bridgehead atoms. The molecule has 1 aliphatic rings. The van der Waals surface area contributed by atoms with Crippen LogP contribution in [-0.4, -0.2) is 78.8 Å². The van der Waals surface area contributed by atoms with Crippen molar-refractivity contribution in [3.05, 3.63) is 35.9 Å². The first-order chi connectivity index (χ1) is 15.6. The average Bonchev–Trinajstić information content (AvgIpc) is 2.81. The van der Waals surface area contributed by atoms with Crippen molar-refractivity contribution in [2.75, 3.05) is 39.3 Å². The third-order valence-electron chi connectivity index (χ3n) is 5.09. The first kappa shape index (κ1) is 26.0. The van der Waals surface area contributed by atoms with Gasteiger partial charge >= 0.3 is 18.2 Å². The van der Waals surface area contributed by atoms with E-state index in [0.29, 0.717) is 26.2 Å². The van der Waals surface area contributed by atoms with Crippen molar-refractivity contribution >= 4 is 24.1 Å². The number of hydrogen-bond acceptors (Lipinski definition) is 7. The molecule has 1 atom stereocenters. The number of ether oxygens (including phenoxy) is 3. The Kier molecular flexibility index (Phi) is 9.50. The molecule has 0 aromatic heterocycles. The summed E-state index contributed by atoms with van der Waals surface area (Å²) in [6, 6.07) is 9.25. The monoisotopic (exact) mass is 463 g/mol. The summed E-state index contributed by atoms with van der Waals surface area (Å²) in [6.45, 7) is 8.23. The van der Waals surface area contributed by atoms with Gasteiger partial charge in [0, 0.05) is 26.2 Å². The van der Waals surface area contributed by atoms with Gasteiger partial charge in [-0.1, -0.05) is 30.3 Å². The fourth-order valence-corrected chi connectivity index (χ4v) is 3.15. The zero-order valence-electron chi connectivity index (χ0n) is 19.7. The summed E-state index contributed by atoms with van der Waals surface area (Å²) in [5.74, 6) is -2.06. The molecular formula is C23H33N3O7. The van der Waals surface area contributed by atoms with E-state index >= 15 is 0 Å². The Labute approximate surface area is 194 Å². The van der Waals surface area contributed by atoms with Crippen molar-refractivity contribution in [3.63, 3.8) is 0 Å². The summed E-state index contributed by atoms with van der Waals surface area (Å²) in [4.78, 5) is 52.1. The first-order valence-electron chi connectivity index (χ1n) is 11.0. The Morgan fingerprint density at radius 2 is 1.61 bits per heavy atom. The largest absolute Gasteiger partial charge is 0.457 e. The van der Waals surface area contributed by atoms with Crippen LogP contribution in [0.4, 0.5) is 9.59 Å². The van der Waals surface area contributed by atoms with E-state index in [2.05, 4.69) is 5.32 Å². The molecule has 0 radical (unpaired) electrons. The maximum Gasteiger partial charge on any atom is 0.409 e. The lowest BCUT2D eigenvalue weighted by Crippen LogP contribution is -2.53. The van der Waals surface area contributed by atoms with Crippen molar-refractivity contribution < 1.29 is 33.4 Å². The smallest absolute Gasteiger partial charge is 0.409 e. The lowest BCUT2D eigenvalue weighted by molar-refractivity contribution is -0.165. The Balaban J connectivity index is 1.75. The number of esters is 1. The Bertz CT molecular complexity index is 821. The van der Waals surface area contributed by atoms with Crippen LogP contribution in [0.3, 0.4) is 0 Å². The van der Waals surface area contributed by atoms with E-state index in [1.54, 1.807) is 20.8 Å². The zero-order valence-corrected chi connectivity index (χ0v) is 19.7. The highest BCUT2D eigenvalue weighted by molar-refractivity contribution is 5.97. The minimum absolute atomic E-state index is 0.0193. The van der Waals surface area contributed by atoms with E-state index in [0.717, 1.165) is 5.56 Å². The summed E-state index contributed by atoms with van der Waals surface area (Å²) in [7, 11) is 0. The molecule has 1 aromatic rings. The van der Waals surface area contributed by atoms with E-state index in [1.165, 1.54) is 16.7 Å². The predicted molar refractivity (Wildman–Crippen MR) is 119 cm³/mol. The van der Waals surface area contributed by atoms with Gasteiger partial charge in [0.25, 0.3) is 0 Å². The van der Waals surface area contributed by atoms with Crippen LogP contribution >= 0.6 is 0 Å². The number of benzene rings is 1. The van der Waals surface area contributed by atoms with Gasteiger partial charge in [0.15, 0.2) is 0 Å². The summed E-state index contributed by atoms with van der Waals surface area (Å²) in [6.07, 6.45) is -1.04. The van der Waals surface area contributed by atoms with Crippen LogP contribution in [0.2, 0.25) is 0 Å². The summed E-state index contributed by atoms with van der Waals surface area (Å²) in [5, 5.41) is 2.57. The normalized spacial score (nSPS) is 14.8. The maximum atomic E-state index is 12.7. The molecule has 1 N–H and O–H groups in total. The number of piperazine rings is 1. The van der Waals surface area contributed by atoms with E-state index in [1.807, 2.05) is 30.3 Å². The molecule has 1 saturated heterocycles. The zero-order chi connectivity index (χ0) is 24.4. The van der Waals surface area contributed by atoms with E-state index < -0.39 is 29.7 Å². The minimum atomic E-state index is -1.04. The van der Waals surface area contributed by atoms with Gasteiger partial charge in [-0.15, -0.1) is 0 Å². The third-order valence-corrected chi connectivity index (χ3v) is 5.09. The molecule has 0 spiro atoms. The summed E-state index contributed by atoms with van der Waals surface area (Å²) >= 11 is 0. The highest BCUT2D eigenvalue weighted by Crippen LogP contribution is 2.15. The fourth-order valence-electron chi connectivity index (χ4n) is 3.15. The number of carbonyl (C=O) groups excluding carboxylic acids is 4. The van der Waals surface area contributed by atoms with Gasteiger partial charge in [-0.05, 0) is 33.3 Å². The number of amides is 3. The standard InChI is InChI=1S/C23H33N3O7/c1-5-31-22(30)26-13-11-25(12-14-26)19(27)17(2)20(28)33-23(3,4)16-24-21(29)32-15-18-9-7-6-8-10-18/h6-10,17H,5,11-16H2,1-4H3,(H,24,29)/t17-/m0/s1. The molecule has 1 aromatic carbocycles. The van der Waals surface area contributed by atoms with Gasteiger partial charge in [0.2, 0.25) is 5.91 Å². The van der Waals surface area contributed by atoms with Crippen LogP contribution in [0.25, 0.3) is 0 Å². The molecule has 1 fully saturated rings. The molecule has 0 unspecified atom stereocenters. The molecule has 0 aliphatic carbocycles. The third kappa shape index (κ3) is 8.28. The highest BCUT2D eigenvalue weighted by Gasteiger charge is 2.34. The Hall–Kier alpha value is -3.30. The van der Waals surface area contributed by atoms with Gasteiger partial charge in [-0.3, -0.25) is 9.59 Å². The minimum Gasteiger partial charge on any atom is -0.457 e. The molecule has 10 nitrogen and oxygen atoms in total. The van der Waals surface area contributed by atoms with Crippen molar-refractivity contribution in [2.45, 2.75) is 39.9 Å². The predicted octanol–water partition coefficient (Wildman–Crippen LogP) is 2.17. The molecule has 10 heteroatoms. The Morgan fingerprint density at radius 1 is 1.00 bits per heavy atom. The van der Waals surface area contributed by atoms with Crippen molar-refractivity contribution in [2.24, 2.45) is 5.92 Å². The Morgan fingerprint density at radius 3 is 2.21 bits per heavy atom. The molecular weight excluding hydrogens is 430 g/mol. The van der Waals surface area contributed by atoms with Gasteiger partial charge in [-0.2, -0.15) is 0 Å². The number of nitrogens with one attached hydrogen (secondary N) is 1. The molecule has 1 heterocycles. The second-order valence-corrected chi connectivity index (χ2v) is 8.33. The molecule has 2 rings (SSSR count). The van der Waals surface area contributed by atoms with E-state index in [-0.39, 0.29) is 25.7 Å². The molecule has 0 saturated carbocycles. The molecule has 182 valence electrons. The van der Waals surface area contributed by atoms with Gasteiger partial charge in [0.1, 0.15) is 18.1 Å². The van der Waals surface area contributed by atoms with Crippen LogP contribution in [0.5, 0.6) is 0 Å². The number of rotatable bonds is 8. The van der Waals surface area contributed by atoms with Crippen LogP contribution in [0.15, 0.2) is 30.3 Å². The maximum absolute atomic E-state index is 12.7. The number of carbonyl (C=O) groups is 4. The van der Waals surface area contributed by atoms with Gasteiger partial charge in [0.05, 0.1) is 13.2 Å². The first-order valence-corrected chi connectivity index (χ1v) is 11.0. The summed E-state index contributed by atoms with van der Waals surface area (Å²) in [5.41, 5.74) is -0.186. The van der Waals surface area contributed by atoms with Crippen LogP contribution < -0.4 is 5.32 Å². The average molecular weight is 464 g/mol. The lowest BCUT2D eigenvalue weighted by Gasteiger charge is -2.35. The van der Waals surface area contributed by atoms with Crippen LogP contribution in [0, 0.1) is 5.92 Å². The van der Waals surface area contributed by atoms with E-state index in [9.17, 15) is 19.2 Å². The number of alkyl carbamates (subject to hydrolysis) is 1. The lowest BCUT2D eigenvalue weighted by atomic mass is 10.1. The SMILES string of the molecule is CCOC(=O)N1CCN(C(=O)[C@H](C)C(=O)OC(C)(C)CNC(=O)OCc2ccccc2)CC1. The fraction of sp³-hybridized carbons (Fsp3) is 0.565. The van der Waals surface area contributed by atoms with Crippen molar-refractivity contribution in [3.8, 4) is 0 Å². The molecule has 3 amide bonds. The number of nitrogens with zero attached hydrogens (tertiary/aromatic N) is 2. The summed E-state index contributed by atoms with van der Waals surface area (Å²) < 4.78 is 15.6. The van der Waals surface area contributed by atoms with Gasteiger partial charge in [-0.25, -0.2) is 9.59 Å². The van der Waals surface area contributed by atoms with Crippen molar-refractivity contribution in [1.82, 2.24) is 15.1 Å². The quantitative estimate of drug-likeness (QED) is 0.357. The van der Waals surface area contributed by atoms with Crippen LogP contribution in [-0.2, 0) is 30.4 Å². The van der Waals surface area contributed by atoms with Crippen molar-refractivity contribution in [1.29, 1.82) is 0 Å². The molecule has 33 heavy (non-hydrogen) atoms. The van der Waals surface area contributed by atoms with Crippen LogP contribution in [0.1, 0.15) is 33.3 Å². The number of hydrogen-bond donors (Lipinski definition) is 1.